The summed E-state index contributed by atoms with van der Waals surface area (Å²) in [4.78, 5) is 35.8. The van der Waals surface area contributed by atoms with Crippen LogP contribution in [-0.2, 0) is 9.59 Å². The van der Waals surface area contributed by atoms with Gasteiger partial charge in [0.05, 0.1) is 11.3 Å². The molecule has 0 saturated carbocycles. The number of benzene rings is 1. The lowest BCUT2D eigenvalue weighted by atomic mass is 10.1. The molecule has 118 valence electrons. The average molecular weight is 390 g/mol. The first-order valence-corrected chi connectivity index (χ1v) is 8.23. The van der Waals surface area contributed by atoms with Gasteiger partial charge in [-0.3, -0.25) is 9.59 Å². The molecule has 0 spiro atoms. The summed E-state index contributed by atoms with van der Waals surface area (Å²) < 4.78 is 13.6. The Balaban J connectivity index is 2.30. The van der Waals surface area contributed by atoms with Crippen LogP contribution in [0.15, 0.2) is 16.6 Å². The smallest absolute Gasteiger partial charge is 0.337 e. The van der Waals surface area contributed by atoms with Crippen molar-refractivity contribution in [1.29, 1.82) is 0 Å². The maximum absolute atomic E-state index is 13.4. The number of amides is 1. The molecule has 0 aromatic heterocycles. The average Bonchev–Trinajstić information content (AvgIpc) is 2.76. The summed E-state index contributed by atoms with van der Waals surface area (Å²) in [5.74, 6) is -1.77. The number of hydrogen-bond acceptors (Lipinski definition) is 4. The van der Waals surface area contributed by atoms with E-state index >= 15 is 0 Å². The highest BCUT2D eigenvalue weighted by atomic mass is 79.9. The lowest BCUT2D eigenvalue weighted by molar-refractivity contribution is -0.117. The highest BCUT2D eigenvalue weighted by Crippen LogP contribution is 2.36. The molecule has 0 radical (unpaired) electrons. The minimum atomic E-state index is -1.30. The third-order valence-electron chi connectivity index (χ3n) is 3.26. The quantitative estimate of drug-likeness (QED) is 0.856. The van der Waals surface area contributed by atoms with Crippen molar-refractivity contribution in [1.82, 2.24) is 0 Å². The first-order chi connectivity index (χ1) is 10.3. The summed E-state index contributed by atoms with van der Waals surface area (Å²) >= 11 is 4.27. The Morgan fingerprint density at radius 3 is 2.77 bits per heavy atom. The SMILES string of the molecule is CC(=O)SCC1CC(=O)N(c2c(Br)cc(F)cc2C(=O)O)C1. The van der Waals surface area contributed by atoms with Crippen LogP contribution < -0.4 is 4.90 Å². The number of aromatic carboxylic acids is 1. The van der Waals surface area contributed by atoms with Crippen LogP contribution in [0, 0.1) is 11.7 Å². The molecule has 1 saturated heterocycles. The summed E-state index contributed by atoms with van der Waals surface area (Å²) in [5.41, 5.74) is -0.102. The van der Waals surface area contributed by atoms with Gasteiger partial charge in [0.2, 0.25) is 5.91 Å². The number of hydrogen-bond donors (Lipinski definition) is 1. The van der Waals surface area contributed by atoms with Gasteiger partial charge in [0.15, 0.2) is 5.12 Å². The van der Waals surface area contributed by atoms with Gasteiger partial charge in [-0.05, 0) is 34.0 Å². The fourth-order valence-corrected chi connectivity index (χ4v) is 3.69. The lowest BCUT2D eigenvalue weighted by Gasteiger charge is -2.20. The first-order valence-electron chi connectivity index (χ1n) is 6.45. The van der Waals surface area contributed by atoms with Crippen molar-refractivity contribution >= 4 is 50.4 Å². The van der Waals surface area contributed by atoms with Crippen molar-refractivity contribution in [3.05, 3.63) is 28.0 Å². The van der Waals surface area contributed by atoms with Gasteiger partial charge >= 0.3 is 5.97 Å². The van der Waals surface area contributed by atoms with Gasteiger partial charge in [0.1, 0.15) is 5.82 Å². The molecule has 1 unspecified atom stereocenters. The van der Waals surface area contributed by atoms with Crippen molar-refractivity contribution in [2.24, 2.45) is 5.92 Å². The van der Waals surface area contributed by atoms with Crippen LogP contribution >= 0.6 is 27.7 Å². The second-order valence-electron chi connectivity index (χ2n) is 4.97. The number of anilines is 1. The minimum absolute atomic E-state index is 0.0277. The van der Waals surface area contributed by atoms with E-state index < -0.39 is 11.8 Å². The second kappa shape index (κ2) is 6.78. The van der Waals surface area contributed by atoms with E-state index in [0.29, 0.717) is 12.3 Å². The number of rotatable bonds is 4. The molecule has 1 aliphatic heterocycles. The molecule has 8 heteroatoms. The maximum Gasteiger partial charge on any atom is 0.337 e. The molecule has 1 N–H and O–H groups in total. The Kier molecular flexibility index (Phi) is 5.23. The Morgan fingerprint density at radius 2 is 2.18 bits per heavy atom. The van der Waals surface area contributed by atoms with Crippen molar-refractivity contribution in [3.8, 4) is 0 Å². The van der Waals surface area contributed by atoms with E-state index in [0.717, 1.165) is 23.9 Å². The molecule has 0 aliphatic carbocycles. The lowest BCUT2D eigenvalue weighted by Crippen LogP contribution is -2.27. The Hall–Kier alpha value is -1.41. The number of thioether (sulfide) groups is 1. The van der Waals surface area contributed by atoms with Gasteiger partial charge in [-0.25, -0.2) is 9.18 Å². The molecule has 5 nitrogen and oxygen atoms in total. The van der Waals surface area contributed by atoms with Crippen LogP contribution in [0.5, 0.6) is 0 Å². The standard InChI is InChI=1S/C14H13BrFNO4S/c1-7(18)22-6-8-2-12(19)17(5-8)13-10(14(20)21)3-9(16)4-11(13)15/h3-4,8H,2,5-6H2,1H3,(H,20,21). The van der Waals surface area contributed by atoms with E-state index in [-0.39, 0.29) is 39.1 Å². The number of carboxylic acid groups (broad SMARTS) is 1. The summed E-state index contributed by atoms with van der Waals surface area (Å²) in [5, 5.41) is 9.20. The zero-order chi connectivity index (χ0) is 16.4. The third kappa shape index (κ3) is 3.67. The summed E-state index contributed by atoms with van der Waals surface area (Å²) in [6.07, 6.45) is 0.239. The van der Waals surface area contributed by atoms with Crippen molar-refractivity contribution in [2.45, 2.75) is 13.3 Å². The van der Waals surface area contributed by atoms with E-state index in [1.165, 1.54) is 11.8 Å². The normalized spacial score (nSPS) is 17.9. The zero-order valence-corrected chi connectivity index (χ0v) is 14.0. The second-order valence-corrected chi connectivity index (χ2v) is 7.02. The van der Waals surface area contributed by atoms with Crippen molar-refractivity contribution in [2.75, 3.05) is 17.2 Å². The molecule has 1 amide bonds. The van der Waals surface area contributed by atoms with Crippen molar-refractivity contribution < 1.29 is 23.9 Å². The van der Waals surface area contributed by atoms with Crippen LogP contribution in [0.1, 0.15) is 23.7 Å². The number of carboxylic acids is 1. The largest absolute Gasteiger partial charge is 0.478 e. The van der Waals surface area contributed by atoms with Gasteiger partial charge in [0, 0.05) is 30.1 Å². The summed E-state index contributed by atoms with van der Waals surface area (Å²) in [7, 11) is 0. The van der Waals surface area contributed by atoms with E-state index in [4.69, 9.17) is 0 Å². The molecular formula is C14H13BrFNO4S. The van der Waals surface area contributed by atoms with Crippen LogP contribution in [0.2, 0.25) is 0 Å². The van der Waals surface area contributed by atoms with Gasteiger partial charge < -0.3 is 10.0 Å². The number of carbonyl (C=O) groups is 3. The molecule has 1 fully saturated rings. The van der Waals surface area contributed by atoms with E-state index in [1.807, 2.05) is 0 Å². The summed E-state index contributed by atoms with van der Waals surface area (Å²) in [6, 6.07) is 2.03. The molecule has 0 bridgehead atoms. The van der Waals surface area contributed by atoms with E-state index in [1.54, 1.807) is 0 Å². The third-order valence-corrected chi connectivity index (χ3v) is 4.91. The topological polar surface area (TPSA) is 74.7 Å². The Labute approximate surface area is 139 Å². The van der Waals surface area contributed by atoms with Crippen LogP contribution in [0.3, 0.4) is 0 Å². The van der Waals surface area contributed by atoms with Crippen LogP contribution in [0.4, 0.5) is 10.1 Å². The molecule has 22 heavy (non-hydrogen) atoms. The first kappa shape index (κ1) is 17.0. The van der Waals surface area contributed by atoms with Crippen LogP contribution in [-0.4, -0.2) is 34.4 Å². The van der Waals surface area contributed by atoms with Gasteiger partial charge in [-0.1, -0.05) is 11.8 Å². The predicted octanol–water partition coefficient (Wildman–Crippen LogP) is 2.92. The molecule has 1 aromatic carbocycles. The highest BCUT2D eigenvalue weighted by molar-refractivity contribution is 9.10. The number of halogens is 2. The fraction of sp³-hybridized carbons (Fsp3) is 0.357. The van der Waals surface area contributed by atoms with Crippen molar-refractivity contribution in [3.63, 3.8) is 0 Å². The molecule has 2 rings (SSSR count). The van der Waals surface area contributed by atoms with Crippen LogP contribution in [0.25, 0.3) is 0 Å². The maximum atomic E-state index is 13.4. The monoisotopic (exact) mass is 389 g/mol. The van der Waals surface area contributed by atoms with Gasteiger partial charge in [-0.2, -0.15) is 0 Å². The van der Waals surface area contributed by atoms with Gasteiger partial charge in [-0.15, -0.1) is 0 Å². The van der Waals surface area contributed by atoms with E-state index in [9.17, 15) is 23.9 Å². The molecule has 1 atom stereocenters. The molecule has 1 heterocycles. The molecular weight excluding hydrogens is 377 g/mol. The minimum Gasteiger partial charge on any atom is -0.478 e. The van der Waals surface area contributed by atoms with E-state index in [2.05, 4.69) is 15.9 Å². The Morgan fingerprint density at radius 1 is 1.50 bits per heavy atom. The fourth-order valence-electron chi connectivity index (χ4n) is 2.35. The zero-order valence-electron chi connectivity index (χ0n) is 11.6. The highest BCUT2D eigenvalue weighted by Gasteiger charge is 2.34. The summed E-state index contributed by atoms with van der Waals surface area (Å²) in [6.45, 7) is 1.77. The Bertz CT molecular complexity index is 652. The van der Waals surface area contributed by atoms with Gasteiger partial charge in [0.25, 0.3) is 0 Å². The molecule has 1 aliphatic rings. The molecule has 1 aromatic rings. The predicted molar refractivity (Wildman–Crippen MR) is 84.7 cm³/mol. The number of nitrogens with zero attached hydrogens (tertiary/aromatic N) is 1. The number of carbonyl (C=O) groups excluding carboxylic acids is 2.